The number of carbonyl (C=O) groups is 9. The minimum Gasteiger partial charge on any atom is -0.508 e. The first-order valence-electron chi connectivity index (χ1n) is 19.7. The number of β-lactam (4-membered cyclic amide) rings is 1. The molecule has 2 aliphatic heterocycles. The zero-order valence-corrected chi connectivity index (χ0v) is 35.2. The van der Waals surface area contributed by atoms with E-state index in [9.17, 15) is 69.0 Å². The van der Waals surface area contributed by atoms with E-state index in [0.29, 0.717) is 20.8 Å². The van der Waals surface area contributed by atoms with Crippen molar-refractivity contribution in [2.45, 2.75) is 115 Å². The molecule has 24 heteroatoms. The van der Waals surface area contributed by atoms with E-state index in [1.807, 2.05) is 0 Å². The number of phenols is 1. The number of nitrogens with zero attached hydrogens (tertiary/aromatic N) is 4. The highest BCUT2D eigenvalue weighted by molar-refractivity contribution is 6.32. The second-order valence-corrected chi connectivity index (χ2v) is 15.3. The summed E-state index contributed by atoms with van der Waals surface area (Å²) < 4.78 is 0. The van der Waals surface area contributed by atoms with Crippen LogP contribution in [0.4, 0.5) is 0 Å². The Kier molecular flexibility index (Phi) is 19.0. The zero-order valence-electron chi connectivity index (χ0n) is 34.4. The largest absolute Gasteiger partial charge is 0.508 e. The third-order valence-electron chi connectivity index (χ3n) is 10.2. The number of rotatable bonds is 23. The summed E-state index contributed by atoms with van der Waals surface area (Å²) in [6.07, 6.45) is -0.352. The van der Waals surface area contributed by atoms with Gasteiger partial charge in [-0.25, -0.2) is 20.0 Å². The number of benzene rings is 1. The van der Waals surface area contributed by atoms with Gasteiger partial charge >= 0.3 is 5.97 Å². The lowest BCUT2D eigenvalue weighted by Crippen LogP contribution is -2.72. The number of allylic oxidation sites excluding steroid dienone is 1. The molecular weight excluding hydrogens is 842 g/mol. The number of phenolic OH excluding ortho intramolecular Hbond substituents is 1. The lowest BCUT2D eigenvalue weighted by molar-refractivity contribution is -0.163. The molecule has 3 rings (SSSR count). The molecular formula is C38H54ClN9O14. The van der Waals surface area contributed by atoms with Gasteiger partial charge in [0.1, 0.15) is 35.6 Å². The monoisotopic (exact) mass is 895 g/mol. The molecule has 11 N–H and O–H groups in total. The van der Waals surface area contributed by atoms with Gasteiger partial charge in [-0.2, -0.15) is 0 Å². The number of aliphatic carboxylic acids is 1. The van der Waals surface area contributed by atoms with Crippen LogP contribution in [-0.2, 0) is 49.6 Å². The summed E-state index contributed by atoms with van der Waals surface area (Å²) in [5.41, 5.74) is 6.08. The predicted molar refractivity (Wildman–Crippen MR) is 213 cm³/mol. The van der Waals surface area contributed by atoms with Crippen LogP contribution in [0.5, 0.6) is 5.75 Å². The highest BCUT2D eigenvalue weighted by atomic mass is 35.5. The smallest absolute Gasteiger partial charge is 0.353 e. The molecule has 0 unspecified atom stereocenters. The van der Waals surface area contributed by atoms with Crippen molar-refractivity contribution in [3.8, 4) is 5.75 Å². The average molecular weight is 896 g/mol. The number of nitrogens with one attached hydrogen (secondary N) is 4. The second kappa shape index (κ2) is 23.4. The molecule has 0 saturated carbocycles. The normalized spacial score (nSPS) is 17.5. The van der Waals surface area contributed by atoms with Gasteiger partial charge < -0.3 is 37.2 Å². The molecule has 0 aliphatic carbocycles. The van der Waals surface area contributed by atoms with Crippen LogP contribution in [0.1, 0.15) is 77.7 Å². The minimum atomic E-state index is -1.51. The first kappa shape index (κ1) is 50.5. The van der Waals surface area contributed by atoms with Crippen molar-refractivity contribution < 1.29 is 69.0 Å². The van der Waals surface area contributed by atoms with Crippen LogP contribution in [0.3, 0.4) is 0 Å². The number of amides is 8. The SMILES string of the molecule is CC(=O)N(O)CCC[C@H](NC(=O)[C@H](CCCN(O)C(C)=O)NC(=O)[C@@H](N)CCCN(O)C(C)=O)C(=O)N[C@H](Cc1ccc(O)cc1)C(=O)N[C@@H]1C(=O)N2C(C(=O)O)=C(Cl)CC[C@H]12. The van der Waals surface area contributed by atoms with E-state index in [-0.39, 0.29) is 88.2 Å². The second-order valence-electron chi connectivity index (χ2n) is 14.9. The molecule has 62 heavy (non-hydrogen) atoms. The Hall–Kier alpha value is -5.88. The van der Waals surface area contributed by atoms with Crippen LogP contribution < -0.4 is 27.0 Å². The first-order chi connectivity index (χ1) is 29.1. The summed E-state index contributed by atoms with van der Waals surface area (Å²) in [6, 6.07) is -1.93. The van der Waals surface area contributed by atoms with Crippen LogP contribution >= 0.6 is 11.6 Å². The van der Waals surface area contributed by atoms with Gasteiger partial charge in [-0.3, -0.25) is 58.9 Å². The Balaban J connectivity index is 1.88. The Labute approximate surface area is 361 Å². The minimum absolute atomic E-state index is 0.0265. The lowest BCUT2D eigenvalue weighted by atomic mass is 9.86. The number of carboxylic acid groups (broad SMARTS) is 1. The van der Waals surface area contributed by atoms with Gasteiger partial charge in [0.05, 0.1) is 12.1 Å². The Morgan fingerprint density at radius 2 is 1.19 bits per heavy atom. The number of carbonyl (C=O) groups excluding carboxylic acids is 8. The van der Waals surface area contributed by atoms with Crippen molar-refractivity contribution in [1.82, 2.24) is 41.4 Å². The Bertz CT molecular complexity index is 1880. The molecule has 342 valence electrons. The van der Waals surface area contributed by atoms with E-state index >= 15 is 0 Å². The third-order valence-corrected chi connectivity index (χ3v) is 10.6. The van der Waals surface area contributed by atoms with E-state index in [0.717, 1.165) is 25.7 Å². The molecule has 0 aromatic heterocycles. The van der Waals surface area contributed by atoms with Crippen molar-refractivity contribution >= 4 is 64.8 Å². The summed E-state index contributed by atoms with van der Waals surface area (Å²) in [5, 5.41) is 60.4. The topological polar surface area (TPSA) is 342 Å². The maximum absolute atomic E-state index is 14.1. The number of nitrogens with two attached hydrogens (primary N) is 1. The van der Waals surface area contributed by atoms with Gasteiger partial charge in [-0.15, -0.1) is 0 Å². The van der Waals surface area contributed by atoms with Gasteiger partial charge in [-0.1, -0.05) is 23.7 Å². The van der Waals surface area contributed by atoms with Crippen LogP contribution in [0.2, 0.25) is 0 Å². The molecule has 2 aliphatic rings. The molecule has 23 nitrogen and oxygen atoms in total. The highest BCUT2D eigenvalue weighted by Gasteiger charge is 2.53. The number of hydrogen-bond donors (Lipinski definition) is 10. The first-order valence-corrected chi connectivity index (χ1v) is 20.1. The molecule has 1 aromatic carbocycles. The maximum Gasteiger partial charge on any atom is 0.353 e. The van der Waals surface area contributed by atoms with Gasteiger partial charge in [0.25, 0.3) is 5.91 Å². The van der Waals surface area contributed by atoms with Crippen LogP contribution in [0, 0.1) is 0 Å². The summed E-state index contributed by atoms with van der Waals surface area (Å²) >= 11 is 6.10. The van der Waals surface area contributed by atoms with Crippen molar-refractivity contribution in [1.29, 1.82) is 0 Å². The van der Waals surface area contributed by atoms with Crippen LogP contribution in [0.15, 0.2) is 35.0 Å². The number of hydrogen-bond acceptors (Lipinski definition) is 14. The number of carboxylic acids is 1. The lowest BCUT2D eigenvalue weighted by Gasteiger charge is -2.49. The summed E-state index contributed by atoms with van der Waals surface area (Å²) in [7, 11) is 0. The van der Waals surface area contributed by atoms with Crippen molar-refractivity contribution in [2.24, 2.45) is 5.73 Å². The van der Waals surface area contributed by atoms with E-state index in [1.54, 1.807) is 0 Å². The third kappa shape index (κ3) is 14.4. The van der Waals surface area contributed by atoms with E-state index in [4.69, 9.17) is 17.3 Å². The van der Waals surface area contributed by atoms with Crippen molar-refractivity contribution in [3.63, 3.8) is 0 Å². The highest BCUT2D eigenvalue weighted by Crippen LogP contribution is 2.38. The summed E-state index contributed by atoms with van der Waals surface area (Å²) in [5.74, 6) is -7.90. The van der Waals surface area contributed by atoms with Crippen LogP contribution in [0.25, 0.3) is 0 Å². The number of fused-ring (bicyclic) bond motifs is 1. The number of halogens is 1. The zero-order chi connectivity index (χ0) is 46.4. The molecule has 6 atom stereocenters. The molecule has 1 fully saturated rings. The van der Waals surface area contributed by atoms with Crippen LogP contribution in [-0.4, -0.2) is 155 Å². The van der Waals surface area contributed by atoms with Crippen molar-refractivity contribution in [3.05, 3.63) is 40.6 Å². The fourth-order valence-corrected chi connectivity index (χ4v) is 6.94. The quantitative estimate of drug-likeness (QED) is 0.0350. The molecule has 1 saturated heterocycles. The fourth-order valence-electron chi connectivity index (χ4n) is 6.66. The van der Waals surface area contributed by atoms with E-state index < -0.39 is 95.2 Å². The van der Waals surface area contributed by atoms with Gasteiger partial charge in [0.2, 0.25) is 41.4 Å². The van der Waals surface area contributed by atoms with Gasteiger partial charge in [0, 0.05) is 51.9 Å². The van der Waals surface area contributed by atoms with Gasteiger partial charge in [-0.05, 0) is 69.1 Å². The predicted octanol–water partition coefficient (Wildman–Crippen LogP) is -1.21. The Morgan fingerprint density at radius 1 is 0.742 bits per heavy atom. The molecule has 0 radical (unpaired) electrons. The molecule has 8 amide bonds. The molecule has 1 aromatic rings. The molecule has 0 bridgehead atoms. The van der Waals surface area contributed by atoms with Crippen molar-refractivity contribution in [2.75, 3.05) is 19.6 Å². The molecule has 2 heterocycles. The Morgan fingerprint density at radius 3 is 1.66 bits per heavy atom. The standard InChI is InChI=1S/C38H54ClN9O14/c1-20(49)45(60)16-4-7-26(40)33(53)41-27(8-5-17-46(61)21(2)50)34(54)42-28(9-6-18-47(62)22(3)51)35(55)43-29(19-23-10-12-24(52)13-11-23)36(56)44-31-30-15-14-25(39)32(38(58)59)48(30)37(31)57/h10-13,26-31,52,60-62H,4-9,14-19,40H2,1-3H3,(H,41,53)(H,42,54)(H,43,55)(H,44,56)(H,58,59)/t26-,27-,28-,29+,30+,31-/m0/s1. The van der Waals surface area contributed by atoms with E-state index in [2.05, 4.69) is 21.3 Å². The fraction of sp³-hybridized carbons (Fsp3) is 0.553. The number of hydroxylamine groups is 6. The average Bonchev–Trinajstić information content (AvgIpc) is 3.21. The van der Waals surface area contributed by atoms with Gasteiger partial charge in [0.15, 0.2) is 0 Å². The molecule has 0 spiro atoms. The number of aromatic hydroxyl groups is 1. The summed E-state index contributed by atoms with van der Waals surface area (Å²) in [4.78, 5) is 116. The summed E-state index contributed by atoms with van der Waals surface area (Å²) in [6.45, 7) is 2.64. The maximum atomic E-state index is 14.1. The van der Waals surface area contributed by atoms with E-state index in [1.165, 1.54) is 24.3 Å².